The Morgan fingerprint density at radius 3 is 2.34 bits per heavy atom. The van der Waals surface area contributed by atoms with Gasteiger partial charge >= 0.3 is 0 Å². The summed E-state index contributed by atoms with van der Waals surface area (Å²) >= 11 is 31.1. The van der Waals surface area contributed by atoms with Crippen LogP contribution in [0.25, 0.3) is 6.08 Å². The number of nitrogens with one attached hydrogen (secondary N) is 2. The van der Waals surface area contributed by atoms with Crippen molar-refractivity contribution in [1.82, 2.24) is 4.98 Å². The molecule has 0 saturated heterocycles. The van der Waals surface area contributed by atoms with Crippen LogP contribution in [0, 0.1) is 11.9 Å². The van der Waals surface area contributed by atoms with Crippen LogP contribution >= 0.6 is 58.0 Å². The molecule has 3 aromatic rings. The summed E-state index contributed by atoms with van der Waals surface area (Å²) < 4.78 is 12.2. The molecule has 1 heterocycles. The molecular weight excluding hydrogens is 559 g/mol. The van der Waals surface area contributed by atoms with Crippen molar-refractivity contribution in [3.05, 3.63) is 92.9 Å². The van der Waals surface area contributed by atoms with Gasteiger partial charge in [0.15, 0.2) is 0 Å². The van der Waals surface area contributed by atoms with Gasteiger partial charge in [-0.2, -0.15) is 4.39 Å². The molecule has 0 aliphatic heterocycles. The van der Waals surface area contributed by atoms with Crippen molar-refractivity contribution >= 4 is 87.3 Å². The molecule has 1 fully saturated rings. The van der Waals surface area contributed by atoms with Crippen LogP contribution < -0.4 is 10.6 Å². The summed E-state index contributed by atoms with van der Waals surface area (Å²) in [5.74, 6) is -3.06. The van der Waals surface area contributed by atoms with Crippen molar-refractivity contribution < 1.29 is 14.0 Å². The lowest BCUT2D eigenvalue weighted by Crippen LogP contribution is -2.18. The Balaban J connectivity index is 1.51. The summed E-state index contributed by atoms with van der Waals surface area (Å²) in [5, 5.41) is 6.23. The third-order valence-electron chi connectivity index (χ3n) is 5.40. The first-order chi connectivity index (χ1) is 16.5. The molecule has 1 aliphatic carbocycles. The molecule has 35 heavy (non-hydrogen) atoms. The highest BCUT2D eigenvalue weighted by Gasteiger charge is 2.67. The molecular formula is C24H15Cl5FN3O2. The predicted octanol–water partition coefficient (Wildman–Crippen LogP) is 7.60. The number of pyridine rings is 1. The van der Waals surface area contributed by atoms with Gasteiger partial charge in [0.1, 0.15) is 4.33 Å². The standard InChI is InChI=1S/C24H15Cl5FN3O2/c1-2-11-7-16(10-31-21(11)30)33-22(34)17-9-15(3-4-18(17)27)32-23(35)20-19(24(20,28)29)12-5-13(25)8-14(26)6-12/h2-10,19-20H,1H2,(H,32,35)(H,33,34). The Hall–Kier alpha value is -2.35. The van der Waals surface area contributed by atoms with Crippen molar-refractivity contribution in [2.24, 2.45) is 5.92 Å². The molecule has 1 saturated carbocycles. The third kappa shape index (κ3) is 5.42. The monoisotopic (exact) mass is 571 g/mol. The molecule has 180 valence electrons. The first-order valence-electron chi connectivity index (χ1n) is 10.0. The number of carbonyl (C=O) groups excluding carboxylic acids is 2. The van der Waals surface area contributed by atoms with Gasteiger partial charge in [0.25, 0.3) is 5.91 Å². The molecule has 2 atom stereocenters. The third-order valence-corrected chi connectivity index (χ3v) is 7.11. The minimum Gasteiger partial charge on any atom is -0.326 e. The highest BCUT2D eigenvalue weighted by Crippen LogP contribution is 2.65. The van der Waals surface area contributed by atoms with E-state index in [4.69, 9.17) is 58.0 Å². The van der Waals surface area contributed by atoms with Crippen LogP contribution in [0.5, 0.6) is 0 Å². The molecule has 5 nitrogen and oxygen atoms in total. The number of anilines is 2. The number of nitrogens with zero attached hydrogens (tertiary/aromatic N) is 1. The van der Waals surface area contributed by atoms with Crippen LogP contribution in [-0.2, 0) is 4.79 Å². The lowest BCUT2D eigenvalue weighted by atomic mass is 10.1. The van der Waals surface area contributed by atoms with E-state index >= 15 is 0 Å². The Morgan fingerprint density at radius 1 is 1.00 bits per heavy atom. The average Bonchev–Trinajstić information content (AvgIpc) is 3.37. The lowest BCUT2D eigenvalue weighted by Gasteiger charge is -2.11. The maximum Gasteiger partial charge on any atom is 0.257 e. The second-order valence-electron chi connectivity index (χ2n) is 7.78. The molecule has 2 N–H and O–H groups in total. The van der Waals surface area contributed by atoms with Gasteiger partial charge in [-0.25, -0.2) is 4.98 Å². The van der Waals surface area contributed by atoms with E-state index in [0.717, 1.165) is 6.20 Å². The Labute approximate surface area is 225 Å². The summed E-state index contributed by atoms with van der Waals surface area (Å²) in [6.45, 7) is 3.50. The van der Waals surface area contributed by atoms with Crippen molar-refractivity contribution in [2.45, 2.75) is 10.3 Å². The predicted molar refractivity (Wildman–Crippen MR) is 139 cm³/mol. The summed E-state index contributed by atoms with van der Waals surface area (Å²) in [6.07, 6.45) is 2.44. The first kappa shape index (κ1) is 25.7. The second-order valence-corrected chi connectivity index (χ2v) is 10.5. The minimum absolute atomic E-state index is 0.0749. The fourth-order valence-electron chi connectivity index (χ4n) is 3.69. The van der Waals surface area contributed by atoms with Crippen molar-refractivity contribution in [3.8, 4) is 0 Å². The zero-order chi connectivity index (χ0) is 25.5. The van der Waals surface area contributed by atoms with Gasteiger partial charge in [0.05, 0.1) is 28.4 Å². The fraction of sp³-hybridized carbons (Fsp3) is 0.125. The number of halogens is 6. The van der Waals surface area contributed by atoms with Crippen molar-refractivity contribution in [1.29, 1.82) is 0 Å². The topological polar surface area (TPSA) is 71.1 Å². The summed E-state index contributed by atoms with van der Waals surface area (Å²) in [4.78, 5) is 29.3. The van der Waals surface area contributed by atoms with Gasteiger partial charge < -0.3 is 10.6 Å². The Kier molecular flexibility index (Phi) is 7.32. The first-order valence-corrected chi connectivity index (χ1v) is 11.9. The second kappa shape index (κ2) is 9.96. The molecule has 0 bridgehead atoms. The van der Waals surface area contributed by atoms with E-state index in [0.29, 0.717) is 21.3 Å². The lowest BCUT2D eigenvalue weighted by molar-refractivity contribution is -0.117. The largest absolute Gasteiger partial charge is 0.326 e. The quantitative estimate of drug-likeness (QED) is 0.236. The van der Waals surface area contributed by atoms with Crippen LogP contribution in [0.15, 0.2) is 55.2 Å². The minimum atomic E-state index is -1.36. The molecule has 0 radical (unpaired) electrons. The van der Waals surface area contributed by atoms with E-state index in [1.807, 2.05) is 0 Å². The SMILES string of the molecule is C=Cc1cc(NC(=O)c2cc(NC(=O)C3C(c4cc(Cl)cc(Cl)c4)C3(Cl)Cl)ccc2Cl)cnc1F. The number of rotatable bonds is 6. The normalized spacial score (nSPS) is 18.0. The van der Waals surface area contributed by atoms with Gasteiger partial charge in [0, 0.05) is 27.2 Å². The highest BCUT2D eigenvalue weighted by molar-refractivity contribution is 6.53. The number of hydrogen-bond donors (Lipinski definition) is 2. The van der Waals surface area contributed by atoms with Crippen LogP contribution in [0.3, 0.4) is 0 Å². The molecule has 1 aliphatic rings. The summed E-state index contributed by atoms with van der Waals surface area (Å²) in [7, 11) is 0. The van der Waals surface area contributed by atoms with E-state index < -0.39 is 33.9 Å². The zero-order valence-corrected chi connectivity index (χ0v) is 21.4. The van der Waals surface area contributed by atoms with Crippen LogP contribution in [-0.4, -0.2) is 21.1 Å². The van der Waals surface area contributed by atoms with Crippen LogP contribution in [0.2, 0.25) is 15.1 Å². The molecule has 4 rings (SSSR count). The fourth-order valence-corrected chi connectivity index (χ4v) is 5.27. The number of amides is 2. The molecule has 1 aromatic heterocycles. The van der Waals surface area contributed by atoms with Gasteiger partial charge in [-0.3, -0.25) is 9.59 Å². The maximum atomic E-state index is 13.6. The highest BCUT2D eigenvalue weighted by atomic mass is 35.5. The zero-order valence-electron chi connectivity index (χ0n) is 17.6. The van der Waals surface area contributed by atoms with E-state index in [9.17, 15) is 14.0 Å². The van der Waals surface area contributed by atoms with Gasteiger partial charge in [-0.15, -0.1) is 23.2 Å². The van der Waals surface area contributed by atoms with Crippen LogP contribution in [0.4, 0.5) is 15.8 Å². The molecule has 11 heteroatoms. The Bertz CT molecular complexity index is 1340. The van der Waals surface area contributed by atoms with Gasteiger partial charge in [0.2, 0.25) is 11.9 Å². The van der Waals surface area contributed by atoms with Gasteiger partial charge in [-0.05, 0) is 48.0 Å². The van der Waals surface area contributed by atoms with E-state index in [1.165, 1.54) is 30.3 Å². The maximum absolute atomic E-state index is 13.6. The number of benzene rings is 2. The van der Waals surface area contributed by atoms with E-state index in [2.05, 4.69) is 22.2 Å². The number of aromatic nitrogens is 1. The van der Waals surface area contributed by atoms with E-state index in [-0.39, 0.29) is 21.8 Å². The van der Waals surface area contributed by atoms with Gasteiger partial charge in [-0.1, -0.05) is 47.5 Å². The number of alkyl halides is 2. The molecule has 2 amide bonds. The molecule has 2 unspecified atom stereocenters. The molecule has 2 aromatic carbocycles. The van der Waals surface area contributed by atoms with Crippen molar-refractivity contribution in [2.75, 3.05) is 10.6 Å². The Morgan fingerprint density at radius 2 is 1.69 bits per heavy atom. The van der Waals surface area contributed by atoms with E-state index in [1.54, 1.807) is 18.2 Å². The summed E-state index contributed by atoms with van der Waals surface area (Å²) in [5.41, 5.74) is 1.38. The molecule has 0 spiro atoms. The number of hydrogen-bond acceptors (Lipinski definition) is 3. The summed E-state index contributed by atoms with van der Waals surface area (Å²) in [6, 6.07) is 10.6. The average molecular weight is 574 g/mol. The number of carbonyl (C=O) groups is 2. The van der Waals surface area contributed by atoms with Crippen molar-refractivity contribution in [3.63, 3.8) is 0 Å². The smallest absolute Gasteiger partial charge is 0.257 e. The van der Waals surface area contributed by atoms with Crippen LogP contribution in [0.1, 0.15) is 27.4 Å².